The summed E-state index contributed by atoms with van der Waals surface area (Å²) in [6.45, 7) is 15.1. The van der Waals surface area contributed by atoms with Crippen LogP contribution in [-0.4, -0.2) is 175 Å². The molecule has 2 aromatic carbocycles. The van der Waals surface area contributed by atoms with Crippen molar-refractivity contribution in [3.63, 3.8) is 0 Å². The van der Waals surface area contributed by atoms with Crippen molar-refractivity contribution in [1.29, 1.82) is 0 Å². The van der Waals surface area contributed by atoms with Crippen LogP contribution in [0, 0.1) is 0 Å². The first-order valence-corrected chi connectivity index (χ1v) is 28.2. The second kappa shape index (κ2) is 27.4. The molecule has 2 aliphatic heterocycles. The van der Waals surface area contributed by atoms with Crippen LogP contribution in [0.1, 0.15) is 75.1 Å². The van der Waals surface area contributed by atoms with Crippen molar-refractivity contribution >= 4 is 68.5 Å². The monoisotopic (exact) mass is 1230 g/mol. The number of nitrogen functional groups attached to an aromatic ring is 1. The van der Waals surface area contributed by atoms with Crippen molar-refractivity contribution in [3.8, 4) is 45.5 Å². The predicted octanol–water partition coefficient (Wildman–Crippen LogP) is 9.56. The van der Waals surface area contributed by atoms with Crippen molar-refractivity contribution in [2.75, 3.05) is 91.8 Å². The minimum absolute atomic E-state index is 0.0428. The number of halogens is 1. The number of fused-ring (bicyclic) bond motifs is 2. The highest BCUT2D eigenvalue weighted by molar-refractivity contribution is 9.10. The Hall–Kier alpha value is -9.26. The van der Waals surface area contributed by atoms with Crippen LogP contribution in [0.5, 0.6) is 23.3 Å². The molecule has 0 saturated carbocycles. The topological polar surface area (TPSA) is 261 Å². The summed E-state index contributed by atoms with van der Waals surface area (Å²) in [7, 11) is 6.16. The van der Waals surface area contributed by atoms with Crippen LogP contribution in [0.15, 0.2) is 114 Å². The van der Waals surface area contributed by atoms with Gasteiger partial charge in [0.25, 0.3) is 23.6 Å². The minimum Gasteiger partial charge on any atom is -0.491 e. The maximum atomic E-state index is 13.6. The van der Waals surface area contributed by atoms with Crippen LogP contribution in [0.3, 0.4) is 0 Å². The van der Waals surface area contributed by atoms with Crippen molar-refractivity contribution in [1.82, 2.24) is 58.8 Å². The number of carbonyl (C=O) groups excluding carboxylic acids is 4. The lowest BCUT2D eigenvalue weighted by atomic mass is 10.0. The van der Waals surface area contributed by atoms with Gasteiger partial charge in [-0.2, -0.15) is 20.2 Å². The van der Waals surface area contributed by atoms with Gasteiger partial charge in [-0.1, -0.05) is 24.3 Å². The molecule has 3 N–H and O–H groups in total. The third-order valence-corrected chi connectivity index (χ3v) is 13.8. The van der Waals surface area contributed by atoms with E-state index in [1.165, 1.54) is 26.9 Å². The van der Waals surface area contributed by atoms with Crippen molar-refractivity contribution in [2.24, 2.45) is 0 Å². The van der Waals surface area contributed by atoms with Gasteiger partial charge in [0.15, 0.2) is 22.8 Å². The average molecular weight is 1230 g/mol. The molecule has 8 aromatic rings. The zero-order valence-electron chi connectivity index (χ0n) is 49.4. The van der Waals surface area contributed by atoms with E-state index in [-0.39, 0.29) is 24.0 Å². The van der Waals surface area contributed by atoms with Gasteiger partial charge in [-0.05, 0) is 142 Å². The van der Waals surface area contributed by atoms with E-state index in [0.717, 1.165) is 32.4 Å². The first-order chi connectivity index (χ1) is 40.6. The number of pyridine rings is 4. The van der Waals surface area contributed by atoms with E-state index in [1.54, 1.807) is 67.1 Å². The Balaban J connectivity index is 0.000000192. The van der Waals surface area contributed by atoms with Gasteiger partial charge >= 0.3 is 12.2 Å². The van der Waals surface area contributed by atoms with E-state index < -0.39 is 11.2 Å². The molecule has 85 heavy (non-hydrogen) atoms. The molecule has 448 valence electrons. The summed E-state index contributed by atoms with van der Waals surface area (Å²) in [6.07, 6.45) is 7.44. The van der Waals surface area contributed by atoms with Crippen LogP contribution in [0.4, 0.5) is 26.9 Å². The lowest BCUT2D eigenvalue weighted by Crippen LogP contribution is -2.40. The molecule has 0 aliphatic carbocycles. The molecule has 0 unspecified atom stereocenters. The van der Waals surface area contributed by atoms with Gasteiger partial charge in [0.2, 0.25) is 0 Å². The molecule has 0 spiro atoms. The van der Waals surface area contributed by atoms with E-state index >= 15 is 0 Å². The van der Waals surface area contributed by atoms with E-state index in [2.05, 4.69) is 51.4 Å². The Bertz CT molecular complexity index is 3660. The molecule has 0 bridgehead atoms. The molecule has 25 heteroatoms. The summed E-state index contributed by atoms with van der Waals surface area (Å²) in [6, 6.07) is 25.9. The summed E-state index contributed by atoms with van der Waals surface area (Å²) >= 11 is 3.54. The fourth-order valence-electron chi connectivity index (χ4n) is 9.19. The van der Waals surface area contributed by atoms with Crippen molar-refractivity contribution in [3.05, 3.63) is 126 Å². The minimum atomic E-state index is -0.567. The Morgan fingerprint density at radius 2 is 0.988 bits per heavy atom. The van der Waals surface area contributed by atoms with Gasteiger partial charge in [-0.25, -0.2) is 28.6 Å². The molecule has 6 aromatic heterocycles. The predicted molar refractivity (Wildman–Crippen MR) is 324 cm³/mol. The normalized spacial score (nSPS) is 13.7. The summed E-state index contributed by atoms with van der Waals surface area (Å²) < 4.78 is 35.7. The number of hydrogen-bond acceptors (Lipinski definition) is 18. The number of anilines is 3. The van der Waals surface area contributed by atoms with Crippen molar-refractivity contribution in [2.45, 2.75) is 65.6 Å². The van der Waals surface area contributed by atoms with E-state index in [9.17, 15) is 19.2 Å². The molecule has 2 fully saturated rings. The number of hydrogen-bond donors (Lipinski definition) is 2. The Morgan fingerprint density at radius 1 is 0.529 bits per heavy atom. The first kappa shape index (κ1) is 61.8. The summed E-state index contributed by atoms with van der Waals surface area (Å²) in [5.74, 6) is 2.70. The smallest absolute Gasteiger partial charge is 0.410 e. The second-order valence-corrected chi connectivity index (χ2v) is 22.5. The first-order valence-electron chi connectivity index (χ1n) is 27.4. The number of methoxy groups -OCH3 is 4. The van der Waals surface area contributed by atoms with Gasteiger partial charge in [0.05, 0.1) is 38.6 Å². The maximum Gasteiger partial charge on any atom is 0.410 e. The summed E-state index contributed by atoms with van der Waals surface area (Å²) in [4.78, 5) is 75.7. The Morgan fingerprint density at radius 3 is 1.49 bits per heavy atom. The number of amides is 4. The number of rotatable bonds is 10. The molecular formula is C60H71BrN14O10. The fraction of sp³-hybridized carbons (Fsp3) is 0.367. The highest BCUT2D eigenvalue weighted by Gasteiger charge is 2.29. The summed E-state index contributed by atoms with van der Waals surface area (Å²) in [5, 5.41) is 11.8. The quantitative estimate of drug-likeness (QED) is 0.129. The van der Waals surface area contributed by atoms with Gasteiger partial charge in [0.1, 0.15) is 35.5 Å². The zero-order valence-corrected chi connectivity index (χ0v) is 51.0. The highest BCUT2D eigenvalue weighted by atomic mass is 79.9. The van der Waals surface area contributed by atoms with Gasteiger partial charge in [-0.15, -0.1) is 0 Å². The molecule has 2 aliphatic rings. The lowest BCUT2D eigenvalue weighted by molar-refractivity contribution is 0.0246. The molecule has 4 amide bonds. The van der Waals surface area contributed by atoms with Crippen LogP contribution in [0.25, 0.3) is 33.5 Å². The van der Waals surface area contributed by atoms with E-state index in [0.29, 0.717) is 123 Å². The van der Waals surface area contributed by atoms with E-state index in [4.69, 9.17) is 34.2 Å². The standard InChI is InChI=1S/C30H35N7O5.C23H26BrN5O3.C7H10N2O2/c1-30(2,3)42-29(39)36-13-7-12-35(14-15-36)28(38)21-9-6-8-20(16-21)22-17-23(26-31-19-32-37(26)18-22)33-25-11-10-24(40-4)27(34-25)41-5;1-23(2,3)32-22(31)28-9-5-8-27(10-11-28)21(30)17-7-4-6-16(12-17)18-13-19(24)20-25-15-26-29(20)14-18;1-10-5-3-4-6(8)9-7(5)11-2/h6,8-11,16-19H,7,12-15H2,1-5H3,(H,33,34);4,6-7,12-15H,5,8-11H2,1-3H3;3-4H,1-2H3,(H2,8,9). The maximum absolute atomic E-state index is 13.6. The molecule has 0 atom stereocenters. The van der Waals surface area contributed by atoms with Crippen LogP contribution in [-0.2, 0) is 9.47 Å². The molecule has 10 rings (SSSR count). The lowest BCUT2D eigenvalue weighted by Gasteiger charge is -2.26. The molecule has 2 saturated heterocycles. The number of aromatic nitrogens is 8. The number of ether oxygens (including phenoxy) is 6. The van der Waals surface area contributed by atoms with Gasteiger partial charge in [-0.3, -0.25) is 9.59 Å². The number of nitrogens with one attached hydrogen (secondary N) is 1. The molecule has 8 heterocycles. The summed E-state index contributed by atoms with van der Waals surface area (Å²) in [5.41, 5.74) is 11.0. The number of benzene rings is 2. The molecule has 24 nitrogen and oxygen atoms in total. The number of nitrogens with two attached hydrogens (primary N) is 1. The number of nitrogens with zero attached hydrogens (tertiary/aromatic N) is 12. The Labute approximate surface area is 501 Å². The second-order valence-electron chi connectivity index (χ2n) is 21.6. The third-order valence-electron chi connectivity index (χ3n) is 13.2. The fourth-order valence-corrected chi connectivity index (χ4v) is 9.72. The molecular weight excluding hydrogens is 1160 g/mol. The zero-order chi connectivity index (χ0) is 61.0. The van der Waals surface area contributed by atoms with Crippen LogP contribution >= 0.6 is 15.9 Å². The SMILES string of the molecule is CC(C)(C)OC(=O)N1CCCN(C(=O)c2cccc(-c3cc(Br)c4ncnn4c3)c2)CC1.COc1ccc(N)nc1OC.COc1ccc(Nc2cc(-c3cccc(C(=O)N4CCCN(C(=O)OC(C)(C)C)CC4)c3)cn3ncnc23)nc1OC. The van der Waals surface area contributed by atoms with E-state index in [1.807, 2.05) is 115 Å². The molecule has 0 radical (unpaired) electrons. The van der Waals surface area contributed by atoms with Crippen LogP contribution in [0.2, 0.25) is 0 Å². The van der Waals surface area contributed by atoms with Crippen LogP contribution < -0.4 is 30.0 Å². The highest BCUT2D eigenvalue weighted by Crippen LogP contribution is 2.32. The number of carbonyl (C=O) groups is 4. The van der Waals surface area contributed by atoms with Gasteiger partial charge in [0, 0.05) is 87.0 Å². The Kier molecular flexibility index (Phi) is 19.9. The third kappa shape index (κ3) is 16.1. The average Bonchev–Trinajstić information content (AvgIpc) is 2.94. The largest absolute Gasteiger partial charge is 0.491 e. The van der Waals surface area contributed by atoms with Crippen molar-refractivity contribution < 1.29 is 47.6 Å². The van der Waals surface area contributed by atoms with Gasteiger partial charge < -0.3 is 59.1 Å².